The first-order valence-electron chi connectivity index (χ1n) is 9.26. The number of hydrogen-bond donors (Lipinski definition) is 0. The quantitative estimate of drug-likeness (QED) is 0.786. The Bertz CT molecular complexity index is 829. The van der Waals surface area contributed by atoms with Crippen LogP contribution in [0.25, 0.3) is 5.57 Å². The molecule has 2 nitrogen and oxygen atoms in total. The topological polar surface area (TPSA) is 27.0 Å². The van der Waals surface area contributed by atoms with Gasteiger partial charge in [0.1, 0.15) is 0 Å². The highest BCUT2D eigenvalue weighted by molar-refractivity contribution is 5.69. The summed E-state index contributed by atoms with van der Waals surface area (Å²) in [5.74, 6) is 0. The summed E-state index contributed by atoms with van der Waals surface area (Å²) in [7, 11) is 0. The van der Waals surface area contributed by atoms with Crippen molar-refractivity contribution in [1.29, 1.82) is 5.26 Å². The summed E-state index contributed by atoms with van der Waals surface area (Å²) < 4.78 is 0. The van der Waals surface area contributed by atoms with Gasteiger partial charge < -0.3 is 0 Å². The van der Waals surface area contributed by atoms with E-state index in [9.17, 15) is 5.26 Å². The van der Waals surface area contributed by atoms with Gasteiger partial charge in [-0.1, -0.05) is 55.0 Å². The average molecular weight is 328 g/mol. The van der Waals surface area contributed by atoms with Crippen molar-refractivity contribution < 1.29 is 0 Å². The highest BCUT2D eigenvalue weighted by atomic mass is 15.2. The van der Waals surface area contributed by atoms with Crippen LogP contribution < -0.4 is 0 Å². The molecule has 2 aromatic carbocycles. The van der Waals surface area contributed by atoms with E-state index >= 15 is 0 Å². The van der Waals surface area contributed by atoms with Gasteiger partial charge in [0.25, 0.3) is 0 Å². The Balaban J connectivity index is 1.62. The Labute approximate surface area is 150 Å². The van der Waals surface area contributed by atoms with Gasteiger partial charge in [0.15, 0.2) is 0 Å². The molecule has 2 heteroatoms. The summed E-state index contributed by atoms with van der Waals surface area (Å²) in [6.45, 7) is 3.05. The second kappa shape index (κ2) is 6.86. The Morgan fingerprint density at radius 1 is 1.12 bits per heavy atom. The summed E-state index contributed by atoms with van der Waals surface area (Å²) in [6, 6.07) is 20.6. The zero-order chi connectivity index (χ0) is 17.2. The van der Waals surface area contributed by atoms with Crippen molar-refractivity contribution in [2.75, 3.05) is 0 Å². The molecule has 2 bridgehead atoms. The maximum absolute atomic E-state index is 9.33. The summed E-state index contributed by atoms with van der Waals surface area (Å²) in [5.41, 5.74) is 5.93. The summed E-state index contributed by atoms with van der Waals surface area (Å²) in [4.78, 5) is 2.68. The lowest BCUT2D eigenvalue weighted by atomic mass is 9.82. The smallest absolute Gasteiger partial charge is 0.0994 e. The third-order valence-corrected chi connectivity index (χ3v) is 5.72. The Kier molecular flexibility index (Phi) is 4.42. The molecule has 126 valence electrons. The maximum atomic E-state index is 9.33. The van der Waals surface area contributed by atoms with Gasteiger partial charge in [-0.25, -0.2) is 0 Å². The number of hydrogen-bond acceptors (Lipinski definition) is 2. The standard InChI is InChI=1S/C23H24N2/c1-17-10-11-19(12-21(17)15-24)20-13-22-8-5-9-23(14-20)25(22)16-18-6-3-2-4-7-18/h2-4,6-7,10-13,22-23H,5,8-9,14,16H2,1H3. The van der Waals surface area contributed by atoms with E-state index in [1.54, 1.807) is 0 Å². The highest BCUT2D eigenvalue weighted by Crippen LogP contribution is 2.38. The first-order chi connectivity index (χ1) is 12.2. The van der Waals surface area contributed by atoms with Crippen LogP contribution in [0, 0.1) is 18.3 Å². The van der Waals surface area contributed by atoms with Crippen molar-refractivity contribution in [1.82, 2.24) is 4.90 Å². The first-order valence-corrected chi connectivity index (χ1v) is 9.26. The number of rotatable bonds is 3. The van der Waals surface area contributed by atoms with Gasteiger partial charge in [0.05, 0.1) is 11.6 Å². The van der Waals surface area contributed by atoms with Crippen LogP contribution in [-0.2, 0) is 6.54 Å². The minimum absolute atomic E-state index is 0.523. The predicted molar refractivity (Wildman–Crippen MR) is 102 cm³/mol. The highest BCUT2D eigenvalue weighted by Gasteiger charge is 2.34. The van der Waals surface area contributed by atoms with Crippen molar-refractivity contribution in [3.8, 4) is 6.07 Å². The number of aryl methyl sites for hydroxylation is 1. The molecule has 2 unspecified atom stereocenters. The second-order valence-electron chi connectivity index (χ2n) is 7.35. The SMILES string of the molecule is Cc1ccc(C2=CC3CCCC(C2)N3Cc2ccccc2)cc1C#N. The third-order valence-electron chi connectivity index (χ3n) is 5.72. The van der Waals surface area contributed by atoms with Gasteiger partial charge in [-0.2, -0.15) is 5.26 Å². The molecule has 2 heterocycles. The monoisotopic (exact) mass is 328 g/mol. The fourth-order valence-corrected chi connectivity index (χ4v) is 4.31. The summed E-state index contributed by atoms with van der Waals surface area (Å²) >= 11 is 0. The van der Waals surface area contributed by atoms with Crippen LogP contribution in [-0.4, -0.2) is 17.0 Å². The fourth-order valence-electron chi connectivity index (χ4n) is 4.31. The van der Waals surface area contributed by atoms with Gasteiger partial charge in [-0.15, -0.1) is 0 Å². The Morgan fingerprint density at radius 3 is 2.72 bits per heavy atom. The molecule has 0 aliphatic carbocycles. The van der Waals surface area contributed by atoms with Gasteiger partial charge in [0, 0.05) is 18.6 Å². The summed E-state index contributed by atoms with van der Waals surface area (Å²) in [6.07, 6.45) is 7.39. The average Bonchev–Trinajstić information content (AvgIpc) is 2.63. The lowest BCUT2D eigenvalue weighted by Crippen LogP contribution is -2.47. The predicted octanol–water partition coefficient (Wildman–Crippen LogP) is 5.08. The Hall–Kier alpha value is -2.37. The normalized spacial score (nSPS) is 23.0. The van der Waals surface area contributed by atoms with Crippen molar-refractivity contribution in [3.63, 3.8) is 0 Å². The molecule has 0 radical (unpaired) electrons. The van der Waals surface area contributed by atoms with E-state index in [1.165, 1.54) is 36.0 Å². The Morgan fingerprint density at radius 2 is 1.96 bits per heavy atom. The van der Waals surface area contributed by atoms with Crippen molar-refractivity contribution in [3.05, 3.63) is 76.9 Å². The van der Waals surface area contributed by atoms with Crippen LogP contribution in [0.3, 0.4) is 0 Å². The molecule has 1 saturated heterocycles. The molecular formula is C23H24N2. The van der Waals surface area contributed by atoms with Crippen LogP contribution in [0.2, 0.25) is 0 Å². The molecule has 2 aliphatic heterocycles. The molecule has 0 N–H and O–H groups in total. The van der Waals surface area contributed by atoms with E-state index in [1.807, 2.05) is 6.92 Å². The fraction of sp³-hybridized carbons (Fsp3) is 0.348. The molecule has 4 rings (SSSR count). The maximum Gasteiger partial charge on any atom is 0.0994 e. The third kappa shape index (κ3) is 3.25. The number of piperidine rings is 1. The van der Waals surface area contributed by atoms with Gasteiger partial charge in [-0.3, -0.25) is 4.90 Å². The largest absolute Gasteiger partial charge is 0.289 e. The van der Waals surface area contributed by atoms with E-state index in [2.05, 4.69) is 65.6 Å². The van der Waals surface area contributed by atoms with Crippen molar-refractivity contribution in [2.45, 2.75) is 51.2 Å². The van der Waals surface area contributed by atoms with Crippen molar-refractivity contribution >= 4 is 5.57 Å². The zero-order valence-corrected chi connectivity index (χ0v) is 14.8. The molecule has 2 aliphatic rings. The second-order valence-corrected chi connectivity index (χ2v) is 7.35. The van der Waals surface area contributed by atoms with E-state index in [4.69, 9.17) is 0 Å². The lowest BCUT2D eigenvalue weighted by molar-refractivity contribution is 0.0951. The zero-order valence-electron chi connectivity index (χ0n) is 14.8. The van der Waals surface area contributed by atoms with Gasteiger partial charge in [-0.05, 0) is 54.5 Å². The number of benzene rings is 2. The number of nitrogens with zero attached hydrogens (tertiary/aromatic N) is 2. The van der Waals surface area contributed by atoms with Crippen molar-refractivity contribution in [2.24, 2.45) is 0 Å². The van der Waals surface area contributed by atoms with E-state index in [-0.39, 0.29) is 0 Å². The van der Waals surface area contributed by atoms with Crippen LogP contribution in [0.15, 0.2) is 54.6 Å². The summed E-state index contributed by atoms with van der Waals surface area (Å²) in [5, 5.41) is 9.33. The first kappa shape index (κ1) is 16.1. The van der Waals surface area contributed by atoms with Crippen LogP contribution in [0.4, 0.5) is 0 Å². The lowest BCUT2D eigenvalue weighted by Gasteiger charge is -2.45. The van der Waals surface area contributed by atoms with Gasteiger partial charge in [0.2, 0.25) is 0 Å². The molecule has 0 spiro atoms. The van der Waals surface area contributed by atoms with E-state index in [0.717, 1.165) is 24.1 Å². The molecule has 0 aromatic heterocycles. The van der Waals surface area contributed by atoms with Gasteiger partial charge >= 0.3 is 0 Å². The molecule has 2 aromatic rings. The molecule has 0 saturated carbocycles. The molecule has 0 amide bonds. The van der Waals surface area contributed by atoms with Crippen LogP contribution in [0.5, 0.6) is 0 Å². The molecular weight excluding hydrogens is 304 g/mol. The van der Waals surface area contributed by atoms with E-state index in [0.29, 0.717) is 12.1 Å². The minimum atomic E-state index is 0.523. The number of fused-ring (bicyclic) bond motifs is 2. The molecule has 25 heavy (non-hydrogen) atoms. The minimum Gasteiger partial charge on any atom is -0.289 e. The van der Waals surface area contributed by atoms with E-state index < -0.39 is 0 Å². The van der Waals surface area contributed by atoms with Crippen LogP contribution in [0.1, 0.15) is 47.9 Å². The van der Waals surface area contributed by atoms with Crippen LogP contribution >= 0.6 is 0 Å². The molecule has 2 atom stereocenters. The molecule has 1 fully saturated rings. The number of nitriles is 1.